The fraction of sp³-hybridized carbons (Fsp3) is 0.333. The number of carbonyl (C=O) groups excluding carboxylic acids is 4. The number of hydrogen-bond acceptors (Lipinski definition) is 7. The Kier molecular flexibility index (Phi) is 8.97. The van der Waals surface area contributed by atoms with Crippen LogP contribution < -0.4 is 10.6 Å². The largest absolute Gasteiger partial charge is 0.465 e. The van der Waals surface area contributed by atoms with E-state index >= 15 is 0 Å². The van der Waals surface area contributed by atoms with Crippen LogP contribution in [0.2, 0.25) is 0 Å². The second-order valence-electron chi connectivity index (χ2n) is 8.08. The summed E-state index contributed by atoms with van der Waals surface area (Å²) in [5, 5.41) is 4.95. The van der Waals surface area contributed by atoms with Gasteiger partial charge in [0.15, 0.2) is 0 Å². The molecule has 0 aromatic heterocycles. The molecular weight excluding hydrogens is 428 g/mol. The van der Waals surface area contributed by atoms with Crippen molar-refractivity contribution in [3.8, 4) is 0 Å². The minimum absolute atomic E-state index is 0.0195. The molecule has 2 N–H and O–H groups in total. The summed E-state index contributed by atoms with van der Waals surface area (Å²) in [6, 6.07) is 13.9. The van der Waals surface area contributed by atoms with Crippen LogP contribution in [-0.4, -0.2) is 42.7 Å². The van der Waals surface area contributed by atoms with Crippen molar-refractivity contribution in [2.45, 2.75) is 45.4 Å². The van der Waals surface area contributed by atoms with Crippen molar-refractivity contribution in [2.75, 3.05) is 12.4 Å². The minimum Gasteiger partial charge on any atom is -0.465 e. The van der Waals surface area contributed by atoms with Crippen LogP contribution in [0.15, 0.2) is 54.6 Å². The molecule has 1 unspecified atom stereocenters. The number of amides is 2. The van der Waals surface area contributed by atoms with Gasteiger partial charge >= 0.3 is 18.0 Å². The van der Waals surface area contributed by atoms with Gasteiger partial charge in [0.2, 0.25) is 5.91 Å². The molecule has 0 aliphatic rings. The number of alkyl carbamates (subject to hydrolysis) is 1. The summed E-state index contributed by atoms with van der Waals surface area (Å²) in [6.45, 7) is 5.03. The second-order valence-corrected chi connectivity index (χ2v) is 8.08. The lowest BCUT2D eigenvalue weighted by atomic mass is 10.1. The number of benzene rings is 2. The second kappa shape index (κ2) is 11.7. The van der Waals surface area contributed by atoms with Crippen LogP contribution in [0.3, 0.4) is 0 Å². The maximum absolute atomic E-state index is 12.9. The van der Waals surface area contributed by atoms with E-state index in [0.717, 1.165) is 5.56 Å². The average molecular weight is 456 g/mol. The Balaban J connectivity index is 2.14. The van der Waals surface area contributed by atoms with E-state index < -0.39 is 42.0 Å². The zero-order chi connectivity index (χ0) is 24.4. The van der Waals surface area contributed by atoms with Gasteiger partial charge in [0.25, 0.3) is 0 Å². The number of esters is 2. The number of hydrogen-bond donors (Lipinski definition) is 2. The summed E-state index contributed by atoms with van der Waals surface area (Å²) in [7, 11) is 1.22. The number of rotatable bonds is 8. The Bertz CT molecular complexity index is 984. The van der Waals surface area contributed by atoms with Gasteiger partial charge in [-0.15, -0.1) is 0 Å². The number of ether oxygens (including phenoxy) is 3. The van der Waals surface area contributed by atoms with Crippen LogP contribution in [0, 0.1) is 0 Å². The van der Waals surface area contributed by atoms with E-state index in [2.05, 4.69) is 10.6 Å². The molecule has 0 radical (unpaired) electrons. The molecule has 2 aromatic carbocycles. The molecule has 0 fully saturated rings. The highest BCUT2D eigenvalue weighted by atomic mass is 16.6. The molecular formula is C24H28N2O7. The van der Waals surface area contributed by atoms with Gasteiger partial charge in [-0.3, -0.25) is 9.59 Å². The average Bonchev–Trinajstić information content (AvgIpc) is 2.76. The quantitative estimate of drug-likeness (QED) is 0.461. The zero-order valence-electron chi connectivity index (χ0n) is 19.0. The van der Waals surface area contributed by atoms with Crippen LogP contribution in [0.25, 0.3) is 0 Å². The molecule has 33 heavy (non-hydrogen) atoms. The van der Waals surface area contributed by atoms with E-state index in [-0.39, 0.29) is 17.9 Å². The van der Waals surface area contributed by atoms with Crippen molar-refractivity contribution in [1.82, 2.24) is 5.32 Å². The number of anilines is 1. The summed E-state index contributed by atoms with van der Waals surface area (Å²) < 4.78 is 15.2. The van der Waals surface area contributed by atoms with Gasteiger partial charge < -0.3 is 24.8 Å². The Morgan fingerprint density at radius 3 is 2.21 bits per heavy atom. The number of methoxy groups -OCH3 is 1. The molecule has 0 aliphatic heterocycles. The molecule has 0 bridgehead atoms. The first-order chi connectivity index (χ1) is 15.6. The topological polar surface area (TPSA) is 120 Å². The maximum atomic E-state index is 12.9. The highest BCUT2D eigenvalue weighted by molar-refractivity contribution is 6.04. The summed E-state index contributed by atoms with van der Waals surface area (Å²) in [6.07, 6.45) is -1.32. The predicted molar refractivity (Wildman–Crippen MR) is 120 cm³/mol. The normalized spacial score (nSPS) is 11.6. The molecule has 0 spiro atoms. The van der Waals surface area contributed by atoms with Gasteiger partial charge in [-0.05, 0) is 38.5 Å². The third-order valence-corrected chi connectivity index (χ3v) is 4.21. The van der Waals surface area contributed by atoms with Crippen molar-refractivity contribution in [3.63, 3.8) is 0 Å². The fourth-order valence-electron chi connectivity index (χ4n) is 2.72. The van der Waals surface area contributed by atoms with Crippen LogP contribution in [-0.2, 0) is 30.4 Å². The lowest BCUT2D eigenvalue weighted by Gasteiger charge is -2.23. The van der Waals surface area contributed by atoms with Crippen LogP contribution in [0.5, 0.6) is 0 Å². The molecule has 2 rings (SSSR count). The van der Waals surface area contributed by atoms with Gasteiger partial charge in [-0.25, -0.2) is 9.59 Å². The molecule has 9 heteroatoms. The van der Waals surface area contributed by atoms with Gasteiger partial charge in [-0.2, -0.15) is 0 Å². The molecule has 0 saturated heterocycles. The molecule has 9 nitrogen and oxygen atoms in total. The van der Waals surface area contributed by atoms with Crippen molar-refractivity contribution in [3.05, 3.63) is 65.7 Å². The van der Waals surface area contributed by atoms with E-state index in [4.69, 9.17) is 14.2 Å². The number of para-hydroxylation sites is 1. The van der Waals surface area contributed by atoms with Gasteiger partial charge in [0.1, 0.15) is 18.2 Å². The first-order valence-electron chi connectivity index (χ1n) is 10.3. The lowest BCUT2D eigenvalue weighted by Crippen LogP contribution is -2.47. The molecule has 2 aromatic rings. The molecule has 2 amide bonds. The number of nitrogens with one attached hydrogen (secondary N) is 2. The van der Waals surface area contributed by atoms with Crippen LogP contribution in [0.4, 0.5) is 10.5 Å². The van der Waals surface area contributed by atoms with E-state index in [9.17, 15) is 19.2 Å². The number of carbonyl (C=O) groups is 4. The third kappa shape index (κ3) is 8.64. The van der Waals surface area contributed by atoms with Crippen molar-refractivity contribution in [2.24, 2.45) is 0 Å². The highest BCUT2D eigenvalue weighted by Crippen LogP contribution is 2.17. The standard InChI is InChI=1S/C24H28N2O7/c1-24(2,3)33-23(30)26-19(14-20(27)32-15-16-10-6-5-7-11-16)21(28)25-18-13-9-8-12-17(18)22(29)31-4/h5-13,19H,14-15H2,1-4H3,(H,25,28)(H,26,30). The van der Waals surface area contributed by atoms with Gasteiger partial charge in [-0.1, -0.05) is 42.5 Å². The molecule has 0 aliphatic carbocycles. The molecule has 0 heterocycles. The van der Waals surface area contributed by atoms with Gasteiger partial charge in [0, 0.05) is 0 Å². The third-order valence-electron chi connectivity index (χ3n) is 4.21. The first kappa shape index (κ1) is 25.4. The Labute approximate surface area is 192 Å². The van der Waals surface area contributed by atoms with Crippen LogP contribution >= 0.6 is 0 Å². The van der Waals surface area contributed by atoms with Crippen molar-refractivity contribution in [1.29, 1.82) is 0 Å². The minimum atomic E-state index is -1.31. The zero-order valence-corrected chi connectivity index (χ0v) is 19.0. The summed E-state index contributed by atoms with van der Waals surface area (Å²) in [5.41, 5.74) is 0.258. The monoisotopic (exact) mass is 456 g/mol. The molecule has 176 valence electrons. The summed E-state index contributed by atoms with van der Waals surface area (Å²) >= 11 is 0. The summed E-state index contributed by atoms with van der Waals surface area (Å²) in [5.74, 6) is -2.07. The lowest BCUT2D eigenvalue weighted by molar-refractivity contribution is -0.146. The Hall–Kier alpha value is -3.88. The Morgan fingerprint density at radius 1 is 0.939 bits per heavy atom. The van der Waals surface area contributed by atoms with E-state index in [0.29, 0.717) is 0 Å². The van der Waals surface area contributed by atoms with Crippen LogP contribution in [0.1, 0.15) is 43.1 Å². The smallest absolute Gasteiger partial charge is 0.408 e. The van der Waals surface area contributed by atoms with E-state index in [1.54, 1.807) is 45.0 Å². The Morgan fingerprint density at radius 2 is 1.58 bits per heavy atom. The molecule has 1 atom stereocenters. The van der Waals surface area contributed by atoms with Crippen molar-refractivity contribution < 1.29 is 33.4 Å². The summed E-state index contributed by atoms with van der Waals surface area (Å²) in [4.78, 5) is 49.6. The fourth-order valence-corrected chi connectivity index (χ4v) is 2.72. The maximum Gasteiger partial charge on any atom is 0.408 e. The highest BCUT2D eigenvalue weighted by Gasteiger charge is 2.28. The SMILES string of the molecule is COC(=O)c1ccccc1NC(=O)C(CC(=O)OCc1ccccc1)NC(=O)OC(C)(C)C. The van der Waals surface area contributed by atoms with E-state index in [1.165, 1.54) is 19.2 Å². The van der Waals surface area contributed by atoms with E-state index in [1.807, 2.05) is 18.2 Å². The van der Waals surface area contributed by atoms with Crippen molar-refractivity contribution >= 4 is 29.6 Å². The molecule has 0 saturated carbocycles. The predicted octanol–water partition coefficient (Wildman–Crippen LogP) is 3.44. The van der Waals surface area contributed by atoms with Gasteiger partial charge in [0.05, 0.1) is 24.8 Å². The first-order valence-corrected chi connectivity index (χ1v) is 10.3.